The number of halogens is 1. The lowest BCUT2D eigenvalue weighted by molar-refractivity contribution is -0.116. The molecule has 2 rings (SSSR count). The smallest absolute Gasteiger partial charge is 0.247 e. The number of amides is 1. The quantitative estimate of drug-likeness (QED) is 0.853. The number of para-hydroxylation sites is 1. The maximum atomic E-state index is 14.1. The summed E-state index contributed by atoms with van der Waals surface area (Å²) >= 11 is 0. The Morgan fingerprint density at radius 1 is 1.20 bits per heavy atom. The van der Waals surface area contributed by atoms with Gasteiger partial charge in [0.1, 0.15) is 17.6 Å². The molecule has 0 saturated carbocycles. The lowest BCUT2D eigenvalue weighted by atomic mass is 10.2. The van der Waals surface area contributed by atoms with Crippen LogP contribution in [0.5, 0.6) is 5.75 Å². The van der Waals surface area contributed by atoms with E-state index in [0.29, 0.717) is 11.4 Å². The summed E-state index contributed by atoms with van der Waals surface area (Å²) in [5.41, 5.74) is 0.261. The van der Waals surface area contributed by atoms with Gasteiger partial charge >= 0.3 is 0 Å². The summed E-state index contributed by atoms with van der Waals surface area (Å²) in [5, 5.41) is 2.61. The van der Waals surface area contributed by atoms with Gasteiger partial charge in [0.05, 0.1) is 19.1 Å². The van der Waals surface area contributed by atoms with Crippen LogP contribution in [0.2, 0.25) is 0 Å². The lowest BCUT2D eigenvalue weighted by Gasteiger charge is -2.28. The van der Waals surface area contributed by atoms with Crippen LogP contribution in [-0.4, -0.2) is 33.7 Å². The fourth-order valence-electron chi connectivity index (χ4n) is 2.36. The van der Waals surface area contributed by atoms with E-state index in [-0.39, 0.29) is 5.69 Å². The van der Waals surface area contributed by atoms with Crippen molar-refractivity contribution in [2.24, 2.45) is 0 Å². The Labute approximate surface area is 146 Å². The first kappa shape index (κ1) is 18.7. The Kier molecular flexibility index (Phi) is 5.63. The van der Waals surface area contributed by atoms with Crippen LogP contribution < -0.4 is 14.4 Å². The second-order valence-corrected chi connectivity index (χ2v) is 7.27. The number of ether oxygens (including phenoxy) is 1. The Bertz CT molecular complexity index is 870. The number of sulfonamides is 1. The summed E-state index contributed by atoms with van der Waals surface area (Å²) in [6, 6.07) is 10.9. The maximum absolute atomic E-state index is 14.1. The van der Waals surface area contributed by atoms with Crippen molar-refractivity contribution in [2.45, 2.75) is 13.0 Å². The number of anilines is 2. The van der Waals surface area contributed by atoms with Crippen molar-refractivity contribution in [1.82, 2.24) is 0 Å². The molecule has 0 unspecified atom stereocenters. The molecule has 8 heteroatoms. The molecule has 0 spiro atoms. The summed E-state index contributed by atoms with van der Waals surface area (Å²) in [6.45, 7) is 1.39. The van der Waals surface area contributed by atoms with E-state index in [1.54, 1.807) is 24.3 Å². The largest absolute Gasteiger partial charge is 0.497 e. The molecule has 0 aromatic heterocycles. The predicted molar refractivity (Wildman–Crippen MR) is 94.8 cm³/mol. The van der Waals surface area contributed by atoms with Gasteiger partial charge in [-0.25, -0.2) is 12.8 Å². The zero-order valence-corrected chi connectivity index (χ0v) is 14.9. The fraction of sp³-hybridized carbons (Fsp3) is 0.235. The molecule has 0 aliphatic rings. The van der Waals surface area contributed by atoms with Crippen molar-refractivity contribution in [2.75, 3.05) is 23.0 Å². The van der Waals surface area contributed by atoms with Gasteiger partial charge in [0.15, 0.2) is 0 Å². The number of methoxy groups -OCH3 is 1. The summed E-state index contributed by atoms with van der Waals surface area (Å²) < 4.78 is 44.2. The van der Waals surface area contributed by atoms with Crippen LogP contribution in [0.1, 0.15) is 6.92 Å². The summed E-state index contributed by atoms with van der Waals surface area (Å²) in [4.78, 5) is 12.5. The minimum Gasteiger partial charge on any atom is -0.497 e. The average Bonchev–Trinajstić information content (AvgIpc) is 2.55. The van der Waals surface area contributed by atoms with E-state index in [0.717, 1.165) is 16.6 Å². The standard InChI is InChI=1S/C17H19FN2O4S/c1-12(17(21)19-13-7-6-8-14(11-13)24-2)20(25(3,22)23)16-10-5-4-9-15(16)18/h4-12H,1-3H3,(H,19,21)/t12-/m0/s1. The van der Waals surface area contributed by atoms with Gasteiger partial charge < -0.3 is 10.1 Å². The van der Waals surface area contributed by atoms with Gasteiger partial charge in [-0.3, -0.25) is 9.10 Å². The molecule has 0 fully saturated rings. The highest BCUT2D eigenvalue weighted by molar-refractivity contribution is 7.92. The Morgan fingerprint density at radius 3 is 2.48 bits per heavy atom. The topological polar surface area (TPSA) is 75.7 Å². The van der Waals surface area contributed by atoms with Crippen molar-refractivity contribution in [3.8, 4) is 5.75 Å². The van der Waals surface area contributed by atoms with E-state index in [9.17, 15) is 17.6 Å². The first-order chi connectivity index (χ1) is 11.7. The Morgan fingerprint density at radius 2 is 1.88 bits per heavy atom. The van der Waals surface area contributed by atoms with E-state index in [1.807, 2.05) is 0 Å². The summed E-state index contributed by atoms with van der Waals surface area (Å²) in [7, 11) is -2.39. The number of hydrogen-bond donors (Lipinski definition) is 1. The first-order valence-electron chi connectivity index (χ1n) is 7.43. The maximum Gasteiger partial charge on any atom is 0.247 e. The van der Waals surface area contributed by atoms with Crippen LogP contribution in [0.3, 0.4) is 0 Å². The number of benzene rings is 2. The van der Waals surface area contributed by atoms with Crippen molar-refractivity contribution in [3.05, 3.63) is 54.3 Å². The molecule has 2 aromatic rings. The van der Waals surface area contributed by atoms with Gasteiger partial charge in [-0.1, -0.05) is 18.2 Å². The molecule has 1 atom stereocenters. The van der Waals surface area contributed by atoms with E-state index in [4.69, 9.17) is 4.74 Å². The number of nitrogens with zero attached hydrogens (tertiary/aromatic N) is 1. The molecule has 0 heterocycles. The number of nitrogens with one attached hydrogen (secondary N) is 1. The van der Waals surface area contributed by atoms with Crippen LogP contribution in [0.4, 0.5) is 15.8 Å². The van der Waals surface area contributed by atoms with Gasteiger partial charge in [-0.05, 0) is 31.2 Å². The molecule has 0 aliphatic heterocycles. The van der Waals surface area contributed by atoms with Gasteiger partial charge in [-0.2, -0.15) is 0 Å². The SMILES string of the molecule is COc1cccc(NC(=O)[C@H](C)N(c2ccccc2F)S(C)(=O)=O)c1. The molecule has 1 amide bonds. The molecule has 0 bridgehead atoms. The molecule has 134 valence electrons. The number of carbonyl (C=O) groups is 1. The zero-order valence-electron chi connectivity index (χ0n) is 14.1. The highest BCUT2D eigenvalue weighted by Crippen LogP contribution is 2.25. The van der Waals surface area contributed by atoms with Crippen molar-refractivity contribution in [3.63, 3.8) is 0 Å². The number of rotatable bonds is 6. The molecule has 0 aliphatic carbocycles. The molecule has 2 aromatic carbocycles. The Balaban J connectivity index is 2.32. The van der Waals surface area contributed by atoms with Crippen LogP contribution in [-0.2, 0) is 14.8 Å². The van der Waals surface area contributed by atoms with Crippen LogP contribution in [0.15, 0.2) is 48.5 Å². The van der Waals surface area contributed by atoms with E-state index in [1.165, 1.54) is 32.2 Å². The molecule has 0 saturated heterocycles. The average molecular weight is 366 g/mol. The molecule has 1 N–H and O–H groups in total. The molecular formula is C17H19FN2O4S. The zero-order chi connectivity index (χ0) is 18.6. The minimum atomic E-state index is -3.88. The number of carbonyl (C=O) groups excluding carboxylic acids is 1. The number of hydrogen-bond acceptors (Lipinski definition) is 4. The second kappa shape index (κ2) is 7.52. The molecule has 6 nitrogen and oxygen atoms in total. The summed E-state index contributed by atoms with van der Waals surface area (Å²) in [5.74, 6) is -0.782. The monoisotopic (exact) mass is 366 g/mol. The normalized spacial score (nSPS) is 12.3. The van der Waals surface area contributed by atoms with E-state index in [2.05, 4.69) is 5.32 Å². The summed E-state index contributed by atoms with van der Waals surface area (Å²) in [6.07, 6.45) is 0.925. The van der Waals surface area contributed by atoms with Crippen molar-refractivity contribution >= 4 is 27.3 Å². The van der Waals surface area contributed by atoms with E-state index >= 15 is 0 Å². The third-order valence-corrected chi connectivity index (χ3v) is 4.74. The molecule has 0 radical (unpaired) electrons. The van der Waals surface area contributed by atoms with Crippen molar-refractivity contribution < 1.29 is 22.3 Å². The molecule has 25 heavy (non-hydrogen) atoms. The van der Waals surface area contributed by atoms with Gasteiger partial charge in [0.2, 0.25) is 15.9 Å². The third-order valence-electron chi connectivity index (χ3n) is 3.52. The first-order valence-corrected chi connectivity index (χ1v) is 9.27. The van der Waals surface area contributed by atoms with Gasteiger partial charge in [-0.15, -0.1) is 0 Å². The lowest BCUT2D eigenvalue weighted by Crippen LogP contribution is -2.45. The second-order valence-electron chi connectivity index (χ2n) is 5.41. The van der Waals surface area contributed by atoms with Crippen LogP contribution in [0.25, 0.3) is 0 Å². The van der Waals surface area contributed by atoms with Crippen molar-refractivity contribution in [1.29, 1.82) is 0 Å². The highest BCUT2D eigenvalue weighted by Gasteiger charge is 2.30. The third kappa shape index (κ3) is 4.48. The highest BCUT2D eigenvalue weighted by atomic mass is 32.2. The van der Waals surface area contributed by atoms with E-state index < -0.39 is 27.8 Å². The van der Waals surface area contributed by atoms with Crippen LogP contribution in [0, 0.1) is 5.82 Å². The van der Waals surface area contributed by atoms with Gasteiger partial charge in [0, 0.05) is 11.8 Å². The van der Waals surface area contributed by atoms with Gasteiger partial charge in [0.25, 0.3) is 0 Å². The minimum absolute atomic E-state index is 0.182. The fourth-order valence-corrected chi connectivity index (χ4v) is 3.53. The Hall–Kier alpha value is -2.61. The predicted octanol–water partition coefficient (Wildman–Crippen LogP) is 2.63. The van der Waals surface area contributed by atoms with Crippen LogP contribution >= 0.6 is 0 Å². The molecular weight excluding hydrogens is 347 g/mol.